The second-order valence-electron chi connectivity index (χ2n) is 7.39. The van der Waals surface area contributed by atoms with Crippen molar-refractivity contribution in [3.8, 4) is 0 Å². The minimum Gasteiger partial charge on any atom is -0.380 e. The quantitative estimate of drug-likeness (QED) is 0.728. The van der Waals surface area contributed by atoms with Crippen LogP contribution in [-0.4, -0.2) is 13.0 Å². The van der Waals surface area contributed by atoms with E-state index in [4.69, 9.17) is 4.74 Å². The number of ether oxygens (including phenoxy) is 1. The summed E-state index contributed by atoms with van der Waals surface area (Å²) in [7, 11) is 1.69. The molecule has 1 heterocycles. The van der Waals surface area contributed by atoms with Crippen LogP contribution in [0.25, 0.3) is 0 Å². The van der Waals surface area contributed by atoms with Gasteiger partial charge in [-0.15, -0.1) is 11.3 Å². The van der Waals surface area contributed by atoms with Crippen LogP contribution in [0.3, 0.4) is 0 Å². The standard InChI is InChI=1S/C20H24BrNO2S/c1-20(2)9-8-15-16(10-20)18(21)25-17(15)19(23)22-11-13-6-4-5-7-14(13)12-24-3/h4-7H,8-12H2,1-3H3,(H,22,23). The Bertz CT molecular complexity index is 782. The molecule has 3 rings (SSSR count). The summed E-state index contributed by atoms with van der Waals surface area (Å²) in [5.74, 6) is 0.0267. The molecule has 0 saturated heterocycles. The number of nitrogens with one attached hydrogen (secondary N) is 1. The molecule has 134 valence electrons. The predicted molar refractivity (Wildman–Crippen MR) is 106 cm³/mol. The first kappa shape index (κ1) is 18.6. The molecule has 0 aliphatic heterocycles. The monoisotopic (exact) mass is 421 g/mol. The van der Waals surface area contributed by atoms with Gasteiger partial charge in [0.05, 0.1) is 15.3 Å². The Morgan fingerprint density at radius 2 is 2.00 bits per heavy atom. The van der Waals surface area contributed by atoms with E-state index in [9.17, 15) is 4.79 Å². The number of hydrogen-bond acceptors (Lipinski definition) is 3. The second kappa shape index (κ2) is 7.60. The summed E-state index contributed by atoms with van der Waals surface area (Å²) < 4.78 is 6.35. The van der Waals surface area contributed by atoms with E-state index in [1.807, 2.05) is 24.3 Å². The smallest absolute Gasteiger partial charge is 0.261 e. The molecule has 1 aliphatic rings. The predicted octanol–water partition coefficient (Wildman–Crippen LogP) is 5.10. The van der Waals surface area contributed by atoms with Gasteiger partial charge in [-0.05, 0) is 62.9 Å². The van der Waals surface area contributed by atoms with Crippen molar-refractivity contribution in [3.63, 3.8) is 0 Å². The van der Waals surface area contributed by atoms with Gasteiger partial charge in [-0.2, -0.15) is 0 Å². The number of amides is 1. The molecule has 0 radical (unpaired) electrons. The summed E-state index contributed by atoms with van der Waals surface area (Å²) in [5, 5.41) is 3.09. The lowest BCUT2D eigenvalue weighted by molar-refractivity contribution is 0.0953. The van der Waals surface area contributed by atoms with E-state index in [0.717, 1.165) is 39.1 Å². The SMILES string of the molecule is COCc1ccccc1CNC(=O)c1sc(Br)c2c1CCC(C)(C)C2. The number of benzene rings is 1. The van der Waals surface area contributed by atoms with Crippen LogP contribution in [0.4, 0.5) is 0 Å². The molecular weight excluding hydrogens is 398 g/mol. The van der Waals surface area contributed by atoms with Crippen molar-refractivity contribution >= 4 is 33.2 Å². The molecule has 0 spiro atoms. The van der Waals surface area contributed by atoms with Crippen LogP contribution in [0.15, 0.2) is 28.1 Å². The molecule has 0 unspecified atom stereocenters. The highest BCUT2D eigenvalue weighted by Gasteiger charge is 2.31. The van der Waals surface area contributed by atoms with E-state index in [1.165, 1.54) is 11.1 Å². The molecular formula is C20H24BrNO2S. The molecule has 3 nitrogen and oxygen atoms in total. The van der Waals surface area contributed by atoms with E-state index in [2.05, 4.69) is 35.1 Å². The summed E-state index contributed by atoms with van der Waals surface area (Å²) in [6, 6.07) is 8.06. The Morgan fingerprint density at radius 1 is 1.28 bits per heavy atom. The summed E-state index contributed by atoms with van der Waals surface area (Å²) in [5.41, 5.74) is 5.08. The van der Waals surface area contributed by atoms with E-state index >= 15 is 0 Å². The number of fused-ring (bicyclic) bond motifs is 1. The molecule has 0 saturated carbocycles. The van der Waals surface area contributed by atoms with Crippen molar-refractivity contribution in [2.45, 2.75) is 46.3 Å². The molecule has 0 atom stereocenters. The Kier molecular flexibility index (Phi) is 5.66. The minimum atomic E-state index is 0.0267. The Morgan fingerprint density at radius 3 is 2.72 bits per heavy atom. The van der Waals surface area contributed by atoms with Crippen LogP contribution in [0, 0.1) is 5.41 Å². The van der Waals surface area contributed by atoms with Gasteiger partial charge in [0.1, 0.15) is 0 Å². The van der Waals surface area contributed by atoms with Gasteiger partial charge >= 0.3 is 0 Å². The first-order chi connectivity index (χ1) is 11.9. The lowest BCUT2D eigenvalue weighted by Crippen LogP contribution is -2.26. The maximum Gasteiger partial charge on any atom is 0.261 e. The number of hydrogen-bond donors (Lipinski definition) is 1. The maximum absolute atomic E-state index is 12.8. The summed E-state index contributed by atoms with van der Waals surface area (Å²) in [4.78, 5) is 13.6. The van der Waals surface area contributed by atoms with Gasteiger partial charge in [0.15, 0.2) is 0 Å². The Hall–Kier alpha value is -1.17. The van der Waals surface area contributed by atoms with E-state index in [0.29, 0.717) is 18.6 Å². The molecule has 0 bridgehead atoms. The lowest BCUT2D eigenvalue weighted by Gasteiger charge is -2.30. The maximum atomic E-state index is 12.8. The topological polar surface area (TPSA) is 38.3 Å². The number of carbonyl (C=O) groups excluding carboxylic acids is 1. The van der Waals surface area contributed by atoms with Gasteiger partial charge in [0.2, 0.25) is 0 Å². The van der Waals surface area contributed by atoms with Crippen molar-refractivity contribution in [2.24, 2.45) is 5.41 Å². The molecule has 2 aromatic rings. The zero-order valence-corrected chi connectivity index (χ0v) is 17.4. The van der Waals surface area contributed by atoms with Crippen molar-refractivity contribution in [2.75, 3.05) is 7.11 Å². The van der Waals surface area contributed by atoms with Crippen LogP contribution in [0.2, 0.25) is 0 Å². The average molecular weight is 422 g/mol. The van der Waals surface area contributed by atoms with Crippen molar-refractivity contribution in [1.29, 1.82) is 0 Å². The fourth-order valence-corrected chi connectivity index (χ4v) is 5.28. The van der Waals surface area contributed by atoms with Gasteiger partial charge in [-0.3, -0.25) is 4.79 Å². The second-order valence-corrected chi connectivity index (χ2v) is 9.73. The average Bonchev–Trinajstić information content (AvgIpc) is 2.89. The van der Waals surface area contributed by atoms with Gasteiger partial charge in [0.25, 0.3) is 5.91 Å². The Labute approximate surface area is 161 Å². The van der Waals surface area contributed by atoms with Crippen LogP contribution in [0.5, 0.6) is 0 Å². The highest BCUT2D eigenvalue weighted by atomic mass is 79.9. The third-order valence-electron chi connectivity index (χ3n) is 4.84. The first-order valence-electron chi connectivity index (χ1n) is 8.55. The fourth-order valence-electron chi connectivity index (χ4n) is 3.40. The van der Waals surface area contributed by atoms with Crippen LogP contribution in [-0.2, 0) is 30.7 Å². The summed E-state index contributed by atoms with van der Waals surface area (Å²) in [6.07, 6.45) is 3.14. The largest absolute Gasteiger partial charge is 0.380 e. The van der Waals surface area contributed by atoms with Crippen molar-refractivity contribution in [3.05, 3.63) is 55.2 Å². The highest BCUT2D eigenvalue weighted by molar-refractivity contribution is 9.11. The molecule has 5 heteroatoms. The number of methoxy groups -OCH3 is 1. The zero-order chi connectivity index (χ0) is 18.0. The molecule has 1 N–H and O–H groups in total. The zero-order valence-electron chi connectivity index (χ0n) is 14.9. The van der Waals surface area contributed by atoms with E-state index in [-0.39, 0.29) is 5.91 Å². The molecule has 25 heavy (non-hydrogen) atoms. The van der Waals surface area contributed by atoms with Crippen LogP contribution >= 0.6 is 27.3 Å². The van der Waals surface area contributed by atoms with Crippen molar-refractivity contribution < 1.29 is 9.53 Å². The molecule has 1 amide bonds. The number of rotatable bonds is 5. The van der Waals surface area contributed by atoms with E-state index in [1.54, 1.807) is 18.4 Å². The lowest BCUT2D eigenvalue weighted by atomic mass is 9.75. The summed E-state index contributed by atoms with van der Waals surface area (Å²) >= 11 is 5.24. The number of halogens is 1. The number of carbonyl (C=O) groups is 1. The van der Waals surface area contributed by atoms with Gasteiger partial charge in [-0.25, -0.2) is 0 Å². The third kappa shape index (κ3) is 4.15. The first-order valence-corrected chi connectivity index (χ1v) is 10.2. The number of thiophene rings is 1. The molecule has 1 aliphatic carbocycles. The normalized spacial score (nSPS) is 15.7. The molecule has 1 aromatic heterocycles. The fraction of sp³-hybridized carbons (Fsp3) is 0.450. The van der Waals surface area contributed by atoms with Crippen LogP contribution < -0.4 is 5.32 Å². The molecule has 1 aromatic carbocycles. The van der Waals surface area contributed by atoms with Crippen LogP contribution in [0.1, 0.15) is 52.2 Å². The third-order valence-corrected chi connectivity index (χ3v) is 6.86. The molecule has 0 fully saturated rings. The Balaban J connectivity index is 1.75. The van der Waals surface area contributed by atoms with Gasteiger partial charge < -0.3 is 10.1 Å². The summed E-state index contributed by atoms with van der Waals surface area (Å²) in [6.45, 7) is 5.67. The highest BCUT2D eigenvalue weighted by Crippen LogP contribution is 2.43. The van der Waals surface area contributed by atoms with Crippen molar-refractivity contribution in [1.82, 2.24) is 5.32 Å². The van der Waals surface area contributed by atoms with Gasteiger partial charge in [-0.1, -0.05) is 38.1 Å². The minimum absolute atomic E-state index is 0.0267. The van der Waals surface area contributed by atoms with Gasteiger partial charge in [0, 0.05) is 13.7 Å². The van der Waals surface area contributed by atoms with E-state index < -0.39 is 0 Å².